The average Bonchev–Trinajstić information content (AvgIpc) is 2.35. The van der Waals surface area contributed by atoms with Gasteiger partial charge in [0.25, 0.3) is 0 Å². The lowest BCUT2D eigenvalue weighted by Gasteiger charge is -2.09. The minimum Gasteiger partial charge on any atom is -0.340 e. The van der Waals surface area contributed by atoms with Crippen LogP contribution in [0.4, 0.5) is 10.6 Å². The standard InChI is InChI=1S/C10H10ClN5O/c1-12-10(17)16-15-8-6-4-2-3-5-7(6)13-9(11)14-8/h2-5H,1H3,(H2,12,16,17)(H,13,14,15). The van der Waals surface area contributed by atoms with E-state index in [-0.39, 0.29) is 11.3 Å². The second-order valence-corrected chi connectivity index (χ2v) is 3.53. The highest BCUT2D eigenvalue weighted by molar-refractivity contribution is 6.28. The number of urea groups is 1. The number of halogens is 1. The van der Waals surface area contributed by atoms with E-state index in [9.17, 15) is 4.79 Å². The van der Waals surface area contributed by atoms with Crippen LogP contribution in [0.15, 0.2) is 24.3 Å². The van der Waals surface area contributed by atoms with E-state index in [1.54, 1.807) is 0 Å². The topological polar surface area (TPSA) is 78.9 Å². The molecule has 7 heteroatoms. The maximum absolute atomic E-state index is 11.0. The molecule has 0 saturated carbocycles. The quantitative estimate of drug-likeness (QED) is 0.559. The Hall–Kier alpha value is -2.08. The predicted octanol–water partition coefficient (Wildman–Crippen LogP) is 1.54. The van der Waals surface area contributed by atoms with Gasteiger partial charge in [-0.3, -0.25) is 10.9 Å². The number of aromatic nitrogens is 2. The number of nitrogens with one attached hydrogen (secondary N) is 3. The van der Waals surface area contributed by atoms with Crippen molar-refractivity contribution in [2.45, 2.75) is 0 Å². The molecule has 3 N–H and O–H groups in total. The van der Waals surface area contributed by atoms with Crippen LogP contribution in [0.1, 0.15) is 0 Å². The first-order valence-electron chi connectivity index (χ1n) is 4.86. The number of hydrogen-bond acceptors (Lipinski definition) is 4. The molecule has 88 valence electrons. The molecule has 0 unspecified atom stereocenters. The summed E-state index contributed by atoms with van der Waals surface area (Å²) in [7, 11) is 1.52. The molecule has 2 rings (SSSR count). The Morgan fingerprint density at radius 2 is 2.06 bits per heavy atom. The van der Waals surface area contributed by atoms with Crippen LogP contribution in [0, 0.1) is 0 Å². The van der Waals surface area contributed by atoms with Crippen molar-refractivity contribution in [2.75, 3.05) is 12.5 Å². The molecule has 2 amide bonds. The molecule has 17 heavy (non-hydrogen) atoms. The van der Waals surface area contributed by atoms with Crippen molar-refractivity contribution >= 4 is 34.4 Å². The number of fused-ring (bicyclic) bond motifs is 1. The number of amides is 2. The van der Waals surface area contributed by atoms with Crippen LogP contribution in [-0.4, -0.2) is 23.0 Å². The Morgan fingerprint density at radius 3 is 2.82 bits per heavy atom. The van der Waals surface area contributed by atoms with Gasteiger partial charge < -0.3 is 5.32 Å². The van der Waals surface area contributed by atoms with Crippen molar-refractivity contribution in [1.82, 2.24) is 20.7 Å². The van der Waals surface area contributed by atoms with Gasteiger partial charge in [-0.05, 0) is 23.7 Å². The van der Waals surface area contributed by atoms with Crippen molar-refractivity contribution in [3.8, 4) is 0 Å². The summed E-state index contributed by atoms with van der Waals surface area (Å²) in [5.74, 6) is 0.448. The molecule has 1 aromatic carbocycles. The Labute approximate surface area is 102 Å². The van der Waals surface area contributed by atoms with Gasteiger partial charge in [0.15, 0.2) is 5.82 Å². The zero-order chi connectivity index (χ0) is 12.3. The molecule has 1 heterocycles. The lowest BCUT2D eigenvalue weighted by atomic mass is 10.2. The summed E-state index contributed by atoms with van der Waals surface area (Å²) in [5, 5.41) is 3.30. The van der Waals surface area contributed by atoms with Gasteiger partial charge in [0.2, 0.25) is 5.28 Å². The number of rotatable bonds is 2. The molecule has 0 fully saturated rings. The summed E-state index contributed by atoms with van der Waals surface area (Å²) in [6.45, 7) is 0. The third-order valence-corrected chi connectivity index (χ3v) is 2.27. The normalized spacial score (nSPS) is 10.0. The molecule has 0 atom stereocenters. The zero-order valence-electron chi connectivity index (χ0n) is 8.99. The number of carbonyl (C=O) groups excluding carboxylic acids is 1. The third-order valence-electron chi connectivity index (χ3n) is 2.10. The number of anilines is 1. The SMILES string of the molecule is CNC(=O)NNc1nc(Cl)nc2ccccc12. The van der Waals surface area contributed by atoms with Gasteiger partial charge in [-0.15, -0.1) is 0 Å². The van der Waals surface area contributed by atoms with Gasteiger partial charge in [0.05, 0.1) is 5.52 Å². The summed E-state index contributed by atoms with van der Waals surface area (Å²) >= 11 is 5.78. The average molecular weight is 252 g/mol. The van der Waals surface area contributed by atoms with Crippen LogP contribution in [0.25, 0.3) is 10.9 Å². The zero-order valence-corrected chi connectivity index (χ0v) is 9.75. The highest BCUT2D eigenvalue weighted by Crippen LogP contribution is 2.20. The number of hydrazine groups is 1. The second-order valence-electron chi connectivity index (χ2n) is 3.19. The summed E-state index contributed by atoms with van der Waals surface area (Å²) < 4.78 is 0. The van der Waals surface area contributed by atoms with Crippen LogP contribution in [0.2, 0.25) is 5.28 Å². The van der Waals surface area contributed by atoms with E-state index < -0.39 is 0 Å². The van der Waals surface area contributed by atoms with Crippen LogP contribution in [-0.2, 0) is 0 Å². The summed E-state index contributed by atoms with van der Waals surface area (Å²) in [5.41, 5.74) is 5.80. The minimum absolute atomic E-state index is 0.116. The van der Waals surface area contributed by atoms with E-state index in [4.69, 9.17) is 11.6 Å². The molecule has 6 nitrogen and oxygen atoms in total. The van der Waals surface area contributed by atoms with Crippen molar-refractivity contribution < 1.29 is 4.79 Å². The molecule has 0 bridgehead atoms. The first kappa shape index (κ1) is 11.4. The van der Waals surface area contributed by atoms with Crippen molar-refractivity contribution in [1.29, 1.82) is 0 Å². The maximum atomic E-state index is 11.0. The molecule has 2 aromatic rings. The molecule has 0 aliphatic rings. The molecule has 0 saturated heterocycles. The third kappa shape index (κ3) is 2.54. The first-order valence-corrected chi connectivity index (χ1v) is 5.24. The number of para-hydroxylation sites is 1. The van der Waals surface area contributed by atoms with Crippen LogP contribution < -0.4 is 16.2 Å². The fourth-order valence-electron chi connectivity index (χ4n) is 1.32. The van der Waals surface area contributed by atoms with Crippen molar-refractivity contribution in [3.63, 3.8) is 0 Å². The summed E-state index contributed by atoms with van der Waals surface area (Å²) in [6, 6.07) is 6.98. The smallest absolute Gasteiger partial charge is 0.333 e. The number of benzene rings is 1. The van der Waals surface area contributed by atoms with Crippen LogP contribution >= 0.6 is 11.6 Å². The summed E-state index contributed by atoms with van der Waals surface area (Å²) in [4.78, 5) is 19.1. The van der Waals surface area contributed by atoms with Crippen molar-refractivity contribution in [3.05, 3.63) is 29.5 Å². The minimum atomic E-state index is -0.371. The van der Waals surface area contributed by atoms with Gasteiger partial charge in [-0.2, -0.15) is 4.98 Å². The Bertz CT molecular complexity index is 559. The summed E-state index contributed by atoms with van der Waals surface area (Å²) in [6.07, 6.45) is 0. The van der Waals surface area contributed by atoms with E-state index in [1.165, 1.54) is 7.05 Å². The fourth-order valence-corrected chi connectivity index (χ4v) is 1.50. The Kier molecular flexibility index (Phi) is 3.24. The van der Waals surface area contributed by atoms with E-state index in [0.29, 0.717) is 11.3 Å². The van der Waals surface area contributed by atoms with Gasteiger partial charge in [-0.1, -0.05) is 12.1 Å². The predicted molar refractivity (Wildman–Crippen MR) is 65.8 cm³/mol. The Morgan fingerprint density at radius 1 is 1.29 bits per heavy atom. The maximum Gasteiger partial charge on any atom is 0.333 e. The highest BCUT2D eigenvalue weighted by Gasteiger charge is 2.06. The van der Waals surface area contributed by atoms with Gasteiger partial charge in [-0.25, -0.2) is 9.78 Å². The molecule has 0 aliphatic carbocycles. The molecular formula is C10H10ClN5O. The monoisotopic (exact) mass is 251 g/mol. The van der Waals surface area contributed by atoms with E-state index in [0.717, 1.165) is 5.39 Å². The van der Waals surface area contributed by atoms with Crippen LogP contribution in [0.3, 0.4) is 0 Å². The lowest BCUT2D eigenvalue weighted by Crippen LogP contribution is -2.37. The van der Waals surface area contributed by atoms with Gasteiger partial charge in [0, 0.05) is 12.4 Å². The highest BCUT2D eigenvalue weighted by atomic mass is 35.5. The number of carbonyl (C=O) groups is 1. The largest absolute Gasteiger partial charge is 0.340 e. The second kappa shape index (κ2) is 4.84. The number of nitrogens with zero attached hydrogens (tertiary/aromatic N) is 2. The lowest BCUT2D eigenvalue weighted by molar-refractivity contribution is 0.245. The Balaban J connectivity index is 2.35. The molecule has 0 spiro atoms. The van der Waals surface area contributed by atoms with Gasteiger partial charge in [0.1, 0.15) is 0 Å². The van der Waals surface area contributed by atoms with Gasteiger partial charge >= 0.3 is 6.03 Å². The van der Waals surface area contributed by atoms with E-state index in [1.807, 2.05) is 24.3 Å². The molecule has 1 aromatic heterocycles. The van der Waals surface area contributed by atoms with Crippen LogP contribution in [0.5, 0.6) is 0 Å². The molecule has 0 aliphatic heterocycles. The first-order chi connectivity index (χ1) is 8.20. The fraction of sp³-hybridized carbons (Fsp3) is 0.100. The van der Waals surface area contributed by atoms with E-state index in [2.05, 4.69) is 26.1 Å². The van der Waals surface area contributed by atoms with E-state index >= 15 is 0 Å². The van der Waals surface area contributed by atoms with Crippen molar-refractivity contribution in [2.24, 2.45) is 0 Å². The molecule has 0 radical (unpaired) electrons. The molecular weight excluding hydrogens is 242 g/mol. The number of hydrogen-bond donors (Lipinski definition) is 3.